The van der Waals surface area contributed by atoms with Gasteiger partial charge in [0.25, 0.3) is 0 Å². The van der Waals surface area contributed by atoms with Crippen LogP contribution in [0.5, 0.6) is 0 Å². The van der Waals surface area contributed by atoms with Crippen molar-refractivity contribution in [1.82, 2.24) is 10.3 Å². The first-order chi connectivity index (χ1) is 8.11. The molecule has 94 valence electrons. The summed E-state index contributed by atoms with van der Waals surface area (Å²) in [5.74, 6) is 0.166. The molecule has 0 radical (unpaired) electrons. The Bertz CT molecular complexity index is 388. The van der Waals surface area contributed by atoms with Gasteiger partial charge in [-0.2, -0.15) is 0 Å². The number of rotatable bonds is 6. The van der Waals surface area contributed by atoms with Gasteiger partial charge in [0.05, 0.1) is 10.7 Å². The molecular weight excluding hydrogens is 236 g/mol. The molecule has 0 bridgehead atoms. The zero-order valence-electron chi connectivity index (χ0n) is 10.1. The number of aliphatic hydroxyl groups is 1. The van der Waals surface area contributed by atoms with E-state index in [1.807, 2.05) is 19.2 Å². The molecule has 0 saturated carbocycles. The molecule has 1 aromatic heterocycles. The number of aryl methyl sites for hydroxylation is 1. The van der Waals surface area contributed by atoms with Gasteiger partial charge in [-0.15, -0.1) is 11.3 Å². The summed E-state index contributed by atoms with van der Waals surface area (Å²) in [5.41, 5.74) is 0.811. The van der Waals surface area contributed by atoms with Crippen molar-refractivity contribution >= 4 is 23.3 Å². The molecule has 0 fully saturated rings. The van der Waals surface area contributed by atoms with Crippen LogP contribution in [0.1, 0.15) is 24.0 Å². The second kappa shape index (κ2) is 7.19. The molecular formula is C12H18N2O2S. The number of carbonyl (C=O) groups is 1. The topological polar surface area (TPSA) is 62.2 Å². The van der Waals surface area contributed by atoms with Crippen LogP contribution in [0.4, 0.5) is 0 Å². The largest absolute Gasteiger partial charge is 0.396 e. The van der Waals surface area contributed by atoms with Crippen LogP contribution in [0.15, 0.2) is 11.5 Å². The van der Waals surface area contributed by atoms with Crippen LogP contribution in [0.3, 0.4) is 0 Å². The van der Waals surface area contributed by atoms with E-state index in [0.717, 1.165) is 10.7 Å². The molecule has 0 aliphatic rings. The number of thiazole rings is 1. The molecule has 5 heteroatoms. The number of hydrogen-bond acceptors (Lipinski definition) is 4. The van der Waals surface area contributed by atoms with E-state index in [1.54, 1.807) is 17.4 Å². The fourth-order valence-electron chi connectivity index (χ4n) is 1.27. The molecule has 17 heavy (non-hydrogen) atoms. The van der Waals surface area contributed by atoms with Gasteiger partial charge < -0.3 is 10.4 Å². The zero-order chi connectivity index (χ0) is 12.7. The molecule has 2 N–H and O–H groups in total. The van der Waals surface area contributed by atoms with Crippen LogP contribution in [-0.2, 0) is 4.79 Å². The predicted octanol–water partition coefficient (Wildman–Crippen LogP) is 1.60. The van der Waals surface area contributed by atoms with Crippen molar-refractivity contribution in [2.24, 2.45) is 5.92 Å². The highest BCUT2D eigenvalue weighted by Crippen LogP contribution is 2.08. The third-order valence-electron chi connectivity index (χ3n) is 2.29. The summed E-state index contributed by atoms with van der Waals surface area (Å²) < 4.78 is 0. The van der Waals surface area contributed by atoms with E-state index in [0.29, 0.717) is 18.9 Å². The van der Waals surface area contributed by atoms with Gasteiger partial charge in [0, 0.05) is 24.6 Å². The van der Waals surface area contributed by atoms with E-state index >= 15 is 0 Å². The molecule has 1 amide bonds. The monoisotopic (exact) mass is 254 g/mol. The standard InChI is InChI=1S/C12H18N2O2S/c1-9(5-6-15)7-13-12(16)4-3-11-8-17-10(2)14-11/h3-4,8-9,15H,5-7H2,1-2H3,(H,13,16)/b4-3+. The summed E-state index contributed by atoms with van der Waals surface area (Å²) in [6.07, 6.45) is 3.89. The normalized spacial score (nSPS) is 12.9. The maximum absolute atomic E-state index is 11.4. The molecule has 1 aromatic rings. The fourth-order valence-corrected chi connectivity index (χ4v) is 1.85. The Morgan fingerprint density at radius 2 is 2.47 bits per heavy atom. The average Bonchev–Trinajstić information content (AvgIpc) is 2.70. The van der Waals surface area contributed by atoms with Gasteiger partial charge >= 0.3 is 0 Å². The second-order valence-corrected chi connectivity index (χ2v) is 5.05. The predicted molar refractivity (Wildman–Crippen MR) is 69.8 cm³/mol. The second-order valence-electron chi connectivity index (χ2n) is 3.99. The minimum atomic E-state index is -0.125. The van der Waals surface area contributed by atoms with Crippen LogP contribution in [0.25, 0.3) is 6.08 Å². The van der Waals surface area contributed by atoms with E-state index in [1.165, 1.54) is 6.08 Å². The molecule has 1 atom stereocenters. The quantitative estimate of drug-likeness (QED) is 0.758. The molecule has 0 spiro atoms. The maximum atomic E-state index is 11.4. The van der Waals surface area contributed by atoms with E-state index in [2.05, 4.69) is 10.3 Å². The Hall–Kier alpha value is -1.20. The lowest BCUT2D eigenvalue weighted by molar-refractivity contribution is -0.116. The Labute approximate surface area is 105 Å². The van der Waals surface area contributed by atoms with E-state index in [4.69, 9.17) is 5.11 Å². The van der Waals surface area contributed by atoms with Gasteiger partial charge in [-0.25, -0.2) is 4.98 Å². The summed E-state index contributed by atoms with van der Waals surface area (Å²) in [7, 11) is 0. The summed E-state index contributed by atoms with van der Waals surface area (Å²) in [4.78, 5) is 15.7. The smallest absolute Gasteiger partial charge is 0.244 e. The molecule has 0 aromatic carbocycles. The van der Waals surface area contributed by atoms with Gasteiger partial charge in [0.1, 0.15) is 0 Å². The minimum absolute atomic E-state index is 0.125. The Kier molecular flexibility index (Phi) is 5.86. The number of nitrogens with zero attached hydrogens (tertiary/aromatic N) is 1. The van der Waals surface area contributed by atoms with Crippen LogP contribution in [0, 0.1) is 12.8 Å². The Morgan fingerprint density at radius 3 is 3.06 bits per heavy atom. The van der Waals surface area contributed by atoms with Crippen molar-refractivity contribution < 1.29 is 9.90 Å². The van der Waals surface area contributed by atoms with Gasteiger partial charge in [-0.3, -0.25) is 4.79 Å². The van der Waals surface area contributed by atoms with Crippen molar-refractivity contribution in [1.29, 1.82) is 0 Å². The summed E-state index contributed by atoms with van der Waals surface area (Å²) in [6.45, 7) is 4.66. The van der Waals surface area contributed by atoms with Crippen molar-refractivity contribution in [2.75, 3.05) is 13.2 Å². The maximum Gasteiger partial charge on any atom is 0.244 e. The van der Waals surface area contributed by atoms with Crippen LogP contribution >= 0.6 is 11.3 Å². The van der Waals surface area contributed by atoms with E-state index in [9.17, 15) is 4.79 Å². The van der Waals surface area contributed by atoms with E-state index < -0.39 is 0 Å². The number of carbonyl (C=O) groups excluding carboxylic acids is 1. The van der Waals surface area contributed by atoms with Crippen LogP contribution < -0.4 is 5.32 Å². The average molecular weight is 254 g/mol. The highest BCUT2D eigenvalue weighted by molar-refractivity contribution is 7.09. The van der Waals surface area contributed by atoms with Gasteiger partial charge in [0.2, 0.25) is 5.91 Å². The highest BCUT2D eigenvalue weighted by atomic mass is 32.1. The molecule has 0 saturated heterocycles. The lowest BCUT2D eigenvalue weighted by Crippen LogP contribution is -2.26. The fraction of sp³-hybridized carbons (Fsp3) is 0.500. The number of aromatic nitrogens is 1. The van der Waals surface area contributed by atoms with E-state index in [-0.39, 0.29) is 12.5 Å². The molecule has 1 heterocycles. The first-order valence-electron chi connectivity index (χ1n) is 5.60. The third-order valence-corrected chi connectivity index (χ3v) is 3.08. The number of nitrogens with one attached hydrogen (secondary N) is 1. The van der Waals surface area contributed by atoms with Crippen molar-refractivity contribution in [3.05, 3.63) is 22.2 Å². The minimum Gasteiger partial charge on any atom is -0.396 e. The molecule has 1 rings (SSSR count). The molecule has 1 unspecified atom stereocenters. The highest BCUT2D eigenvalue weighted by Gasteiger charge is 2.02. The number of amides is 1. The Morgan fingerprint density at radius 1 is 1.71 bits per heavy atom. The van der Waals surface area contributed by atoms with Gasteiger partial charge in [0.15, 0.2) is 0 Å². The third kappa shape index (κ3) is 5.60. The van der Waals surface area contributed by atoms with Gasteiger partial charge in [-0.1, -0.05) is 6.92 Å². The number of aliphatic hydroxyl groups excluding tert-OH is 1. The van der Waals surface area contributed by atoms with Crippen LogP contribution in [-0.4, -0.2) is 29.1 Å². The summed E-state index contributed by atoms with van der Waals surface area (Å²) in [5, 5.41) is 14.4. The van der Waals surface area contributed by atoms with Gasteiger partial charge in [-0.05, 0) is 25.3 Å². The Balaban J connectivity index is 2.32. The SMILES string of the molecule is Cc1nc(/C=C/C(=O)NCC(C)CCO)cs1. The lowest BCUT2D eigenvalue weighted by Gasteiger charge is -2.09. The van der Waals surface area contributed by atoms with Crippen LogP contribution in [0.2, 0.25) is 0 Å². The summed E-state index contributed by atoms with van der Waals surface area (Å²) in [6, 6.07) is 0. The molecule has 0 aliphatic carbocycles. The lowest BCUT2D eigenvalue weighted by atomic mass is 10.1. The summed E-state index contributed by atoms with van der Waals surface area (Å²) >= 11 is 1.56. The first-order valence-corrected chi connectivity index (χ1v) is 6.48. The van der Waals surface area contributed by atoms with Crippen molar-refractivity contribution in [3.63, 3.8) is 0 Å². The molecule has 0 aliphatic heterocycles. The number of hydrogen-bond donors (Lipinski definition) is 2. The zero-order valence-corrected chi connectivity index (χ0v) is 11.0. The first kappa shape index (κ1) is 13.9. The van der Waals surface area contributed by atoms with Crippen molar-refractivity contribution in [2.45, 2.75) is 20.3 Å². The van der Waals surface area contributed by atoms with Crippen molar-refractivity contribution in [3.8, 4) is 0 Å². The molecule has 4 nitrogen and oxygen atoms in total.